The Hall–Kier alpha value is -2.08. The average Bonchev–Trinajstić information content (AvgIpc) is 3.27. The van der Waals surface area contributed by atoms with Crippen molar-refractivity contribution in [3.05, 3.63) is 35.4 Å². The standard InChI is InChI=1S/C23H37N5O/c1-19-8-10-20(11-9-19)18-26(3)23(24-2)25-12-13-27-14-16-28(17-15-27)22(29)21-6-4-5-7-21/h8-11,21H,4-7,12-18H2,1-3H3,(H,24,25). The summed E-state index contributed by atoms with van der Waals surface area (Å²) in [5, 5.41) is 3.48. The van der Waals surface area contributed by atoms with Gasteiger partial charge in [0, 0.05) is 65.8 Å². The average molecular weight is 400 g/mol. The van der Waals surface area contributed by atoms with Crippen LogP contribution in [-0.4, -0.2) is 79.9 Å². The van der Waals surface area contributed by atoms with Crippen LogP contribution in [0.15, 0.2) is 29.3 Å². The summed E-state index contributed by atoms with van der Waals surface area (Å²) in [6.07, 6.45) is 4.64. The summed E-state index contributed by atoms with van der Waals surface area (Å²) < 4.78 is 0. The highest BCUT2D eigenvalue weighted by atomic mass is 16.2. The van der Waals surface area contributed by atoms with Gasteiger partial charge in [0.05, 0.1) is 0 Å². The number of carbonyl (C=O) groups is 1. The lowest BCUT2D eigenvalue weighted by Gasteiger charge is -2.36. The third kappa shape index (κ3) is 6.20. The number of guanidine groups is 1. The fourth-order valence-corrected chi connectivity index (χ4v) is 4.38. The first-order valence-corrected chi connectivity index (χ1v) is 11.1. The molecule has 2 aliphatic rings. The third-order valence-corrected chi connectivity index (χ3v) is 6.21. The van der Waals surface area contributed by atoms with Gasteiger partial charge in [-0.2, -0.15) is 0 Å². The lowest BCUT2D eigenvalue weighted by molar-refractivity contribution is -0.137. The van der Waals surface area contributed by atoms with E-state index in [1.807, 2.05) is 7.05 Å². The number of amides is 1. The molecule has 1 aromatic carbocycles. The maximum atomic E-state index is 12.6. The molecule has 1 aromatic rings. The van der Waals surface area contributed by atoms with Gasteiger partial charge in [-0.3, -0.25) is 14.7 Å². The Bertz CT molecular complexity index is 673. The first-order valence-electron chi connectivity index (χ1n) is 11.1. The summed E-state index contributed by atoms with van der Waals surface area (Å²) in [4.78, 5) is 23.7. The molecule has 1 aliphatic heterocycles. The van der Waals surface area contributed by atoms with E-state index < -0.39 is 0 Å². The second-order valence-electron chi connectivity index (χ2n) is 8.46. The molecule has 0 aromatic heterocycles. The maximum Gasteiger partial charge on any atom is 0.225 e. The van der Waals surface area contributed by atoms with Crippen LogP contribution in [0.4, 0.5) is 0 Å². The van der Waals surface area contributed by atoms with Crippen LogP contribution in [-0.2, 0) is 11.3 Å². The van der Waals surface area contributed by atoms with Crippen molar-refractivity contribution in [2.75, 3.05) is 53.4 Å². The quantitative estimate of drug-likeness (QED) is 0.589. The van der Waals surface area contributed by atoms with Crippen LogP contribution in [0.25, 0.3) is 0 Å². The highest BCUT2D eigenvalue weighted by Crippen LogP contribution is 2.26. The monoisotopic (exact) mass is 399 g/mol. The molecule has 6 heteroatoms. The van der Waals surface area contributed by atoms with E-state index in [9.17, 15) is 4.79 Å². The fourth-order valence-electron chi connectivity index (χ4n) is 4.38. The second kappa shape index (κ2) is 10.6. The molecule has 29 heavy (non-hydrogen) atoms. The molecular weight excluding hydrogens is 362 g/mol. The molecule has 1 heterocycles. The Labute approximate surface area is 176 Å². The van der Waals surface area contributed by atoms with E-state index in [2.05, 4.69) is 63.2 Å². The van der Waals surface area contributed by atoms with Gasteiger partial charge in [0.1, 0.15) is 0 Å². The minimum absolute atomic E-state index is 0.301. The molecule has 1 saturated heterocycles. The van der Waals surface area contributed by atoms with Crippen molar-refractivity contribution in [2.45, 2.75) is 39.2 Å². The number of carbonyl (C=O) groups excluding carboxylic acids is 1. The molecule has 0 atom stereocenters. The number of nitrogens with zero attached hydrogens (tertiary/aromatic N) is 4. The Kier molecular flexibility index (Phi) is 7.92. The van der Waals surface area contributed by atoms with E-state index in [1.54, 1.807) is 0 Å². The summed E-state index contributed by atoms with van der Waals surface area (Å²) >= 11 is 0. The maximum absolute atomic E-state index is 12.6. The van der Waals surface area contributed by atoms with Gasteiger partial charge in [-0.15, -0.1) is 0 Å². The molecular formula is C23H37N5O. The van der Waals surface area contributed by atoms with Crippen LogP contribution >= 0.6 is 0 Å². The van der Waals surface area contributed by atoms with Gasteiger partial charge in [0.25, 0.3) is 0 Å². The topological polar surface area (TPSA) is 51.2 Å². The predicted octanol–water partition coefficient (Wildman–Crippen LogP) is 2.34. The number of aliphatic imine (C=N–C) groups is 1. The molecule has 1 amide bonds. The smallest absolute Gasteiger partial charge is 0.225 e. The second-order valence-corrected chi connectivity index (χ2v) is 8.46. The molecule has 0 unspecified atom stereocenters. The van der Waals surface area contributed by atoms with Crippen LogP contribution in [0.1, 0.15) is 36.8 Å². The fraction of sp³-hybridized carbons (Fsp3) is 0.652. The van der Waals surface area contributed by atoms with Gasteiger partial charge < -0.3 is 15.1 Å². The molecule has 160 valence electrons. The summed E-state index contributed by atoms with van der Waals surface area (Å²) in [6.45, 7) is 8.47. The van der Waals surface area contributed by atoms with Crippen molar-refractivity contribution in [3.63, 3.8) is 0 Å². The molecule has 0 bridgehead atoms. The highest BCUT2D eigenvalue weighted by Gasteiger charge is 2.29. The summed E-state index contributed by atoms with van der Waals surface area (Å²) in [5.41, 5.74) is 2.56. The van der Waals surface area contributed by atoms with Gasteiger partial charge >= 0.3 is 0 Å². The molecule has 1 saturated carbocycles. The van der Waals surface area contributed by atoms with Crippen LogP contribution in [0.5, 0.6) is 0 Å². The van der Waals surface area contributed by atoms with E-state index in [0.29, 0.717) is 11.8 Å². The van der Waals surface area contributed by atoms with E-state index in [-0.39, 0.29) is 0 Å². The molecule has 6 nitrogen and oxygen atoms in total. The number of aryl methyl sites for hydroxylation is 1. The lowest BCUT2D eigenvalue weighted by atomic mass is 10.1. The number of nitrogens with one attached hydrogen (secondary N) is 1. The normalized spacial score (nSPS) is 18.9. The van der Waals surface area contributed by atoms with Crippen molar-refractivity contribution in [3.8, 4) is 0 Å². The minimum atomic E-state index is 0.301. The lowest BCUT2D eigenvalue weighted by Crippen LogP contribution is -2.51. The van der Waals surface area contributed by atoms with E-state index in [4.69, 9.17) is 0 Å². The van der Waals surface area contributed by atoms with Crippen molar-refractivity contribution in [1.82, 2.24) is 20.0 Å². The minimum Gasteiger partial charge on any atom is -0.355 e. The van der Waals surface area contributed by atoms with Gasteiger partial charge in [0.15, 0.2) is 5.96 Å². The molecule has 1 aliphatic carbocycles. The zero-order valence-electron chi connectivity index (χ0n) is 18.4. The largest absolute Gasteiger partial charge is 0.355 e. The molecule has 0 radical (unpaired) electrons. The number of rotatable bonds is 6. The number of hydrogen-bond donors (Lipinski definition) is 1. The zero-order valence-corrected chi connectivity index (χ0v) is 18.4. The van der Waals surface area contributed by atoms with E-state index in [0.717, 1.165) is 64.6 Å². The zero-order chi connectivity index (χ0) is 20.6. The van der Waals surface area contributed by atoms with Crippen LogP contribution in [0.2, 0.25) is 0 Å². The number of piperazine rings is 1. The molecule has 2 fully saturated rings. The number of hydrogen-bond acceptors (Lipinski definition) is 3. The molecule has 1 N–H and O–H groups in total. The first-order chi connectivity index (χ1) is 14.1. The van der Waals surface area contributed by atoms with Crippen LogP contribution in [0.3, 0.4) is 0 Å². The first kappa shape index (κ1) is 21.6. The Balaban J connectivity index is 1.36. The van der Waals surface area contributed by atoms with Gasteiger partial charge in [-0.05, 0) is 25.3 Å². The summed E-state index contributed by atoms with van der Waals surface area (Å²) in [6, 6.07) is 8.64. The Morgan fingerprint density at radius 3 is 2.41 bits per heavy atom. The summed E-state index contributed by atoms with van der Waals surface area (Å²) in [7, 11) is 3.91. The van der Waals surface area contributed by atoms with Crippen molar-refractivity contribution in [2.24, 2.45) is 10.9 Å². The van der Waals surface area contributed by atoms with E-state index >= 15 is 0 Å². The number of benzene rings is 1. The van der Waals surface area contributed by atoms with E-state index in [1.165, 1.54) is 24.0 Å². The van der Waals surface area contributed by atoms with Crippen molar-refractivity contribution in [1.29, 1.82) is 0 Å². The molecule has 0 spiro atoms. The van der Waals surface area contributed by atoms with Crippen molar-refractivity contribution >= 4 is 11.9 Å². The van der Waals surface area contributed by atoms with Crippen LogP contribution in [0, 0.1) is 12.8 Å². The van der Waals surface area contributed by atoms with Gasteiger partial charge in [-0.1, -0.05) is 42.7 Å². The van der Waals surface area contributed by atoms with Crippen molar-refractivity contribution < 1.29 is 4.79 Å². The molecule has 3 rings (SSSR count). The SMILES string of the molecule is CN=C(NCCN1CCN(C(=O)C2CCCC2)CC1)N(C)Cc1ccc(C)cc1. The Morgan fingerprint density at radius 1 is 1.14 bits per heavy atom. The predicted molar refractivity (Wildman–Crippen MR) is 119 cm³/mol. The van der Waals surface area contributed by atoms with Crippen LogP contribution < -0.4 is 5.32 Å². The van der Waals surface area contributed by atoms with Gasteiger partial charge in [0.2, 0.25) is 5.91 Å². The van der Waals surface area contributed by atoms with Gasteiger partial charge in [-0.25, -0.2) is 0 Å². The summed E-state index contributed by atoms with van der Waals surface area (Å²) in [5.74, 6) is 1.62. The highest BCUT2D eigenvalue weighted by molar-refractivity contribution is 5.80. The Morgan fingerprint density at radius 2 is 1.79 bits per heavy atom. The third-order valence-electron chi connectivity index (χ3n) is 6.21.